The number of aliphatic hydroxyl groups is 1. The normalized spacial score (nSPS) is 14.1. The second kappa shape index (κ2) is 7.57. The number of fused-ring (bicyclic) bond motifs is 1. The number of hydrogen-bond donors (Lipinski definition) is 2. The van der Waals surface area contributed by atoms with Crippen LogP contribution in [0.25, 0.3) is 0 Å². The molecule has 0 aromatic heterocycles. The lowest BCUT2D eigenvalue weighted by Crippen LogP contribution is -2.34. The highest BCUT2D eigenvalue weighted by molar-refractivity contribution is 5.88. The second-order valence-corrected chi connectivity index (χ2v) is 6.50. The summed E-state index contributed by atoms with van der Waals surface area (Å²) in [5.74, 6) is 0.566. The highest BCUT2D eigenvalue weighted by Crippen LogP contribution is 2.29. The van der Waals surface area contributed by atoms with Crippen LogP contribution in [-0.4, -0.2) is 36.8 Å². The first-order chi connectivity index (χ1) is 12.0. The second-order valence-electron chi connectivity index (χ2n) is 6.50. The molecule has 0 fully saturated rings. The third-order valence-corrected chi connectivity index (χ3v) is 4.28. The average molecular weight is 340 g/mol. The summed E-state index contributed by atoms with van der Waals surface area (Å²) in [7, 11) is 0. The predicted octanol–water partition coefficient (Wildman–Crippen LogP) is 2.76. The van der Waals surface area contributed by atoms with E-state index >= 15 is 0 Å². The van der Waals surface area contributed by atoms with Gasteiger partial charge in [-0.05, 0) is 54.8 Å². The first-order valence-electron chi connectivity index (χ1n) is 8.54. The Morgan fingerprint density at radius 1 is 1.28 bits per heavy atom. The van der Waals surface area contributed by atoms with E-state index in [-0.39, 0.29) is 12.5 Å². The Kier molecular flexibility index (Phi) is 5.24. The maximum atomic E-state index is 11.0. The number of nitrogens with one attached hydrogen (secondary N) is 1. The standard InChI is InChI=1S/C20H24N2O3/c1-14-3-4-16-9-10-22(20(16)11-14)12-18(24)13-25-19-7-5-17(6-8-19)21-15(2)23/h3-8,11,18,24H,9-10,12-13H2,1-2H3,(H,21,23). The highest BCUT2D eigenvalue weighted by Gasteiger charge is 2.21. The van der Waals surface area contributed by atoms with Gasteiger partial charge in [0.1, 0.15) is 18.5 Å². The number of aryl methyl sites for hydroxylation is 1. The van der Waals surface area contributed by atoms with Crippen molar-refractivity contribution in [3.8, 4) is 5.75 Å². The molecule has 1 aliphatic rings. The fourth-order valence-corrected chi connectivity index (χ4v) is 3.08. The van der Waals surface area contributed by atoms with Crippen LogP contribution in [0.15, 0.2) is 42.5 Å². The molecule has 3 rings (SSSR count). The molecule has 5 heteroatoms. The smallest absolute Gasteiger partial charge is 0.221 e. The number of carbonyl (C=O) groups is 1. The van der Waals surface area contributed by atoms with Crippen LogP contribution in [0.5, 0.6) is 5.75 Å². The van der Waals surface area contributed by atoms with E-state index in [0.717, 1.165) is 18.7 Å². The summed E-state index contributed by atoms with van der Waals surface area (Å²) in [5, 5.41) is 13.0. The summed E-state index contributed by atoms with van der Waals surface area (Å²) >= 11 is 0. The Morgan fingerprint density at radius 3 is 2.76 bits per heavy atom. The van der Waals surface area contributed by atoms with Gasteiger partial charge in [0.05, 0.1) is 0 Å². The molecule has 2 N–H and O–H groups in total. The fraction of sp³-hybridized carbons (Fsp3) is 0.350. The topological polar surface area (TPSA) is 61.8 Å². The molecule has 1 amide bonds. The molecule has 0 aliphatic carbocycles. The van der Waals surface area contributed by atoms with Gasteiger partial charge in [-0.2, -0.15) is 0 Å². The zero-order valence-electron chi connectivity index (χ0n) is 14.7. The summed E-state index contributed by atoms with van der Waals surface area (Å²) < 4.78 is 5.66. The van der Waals surface area contributed by atoms with Gasteiger partial charge in [0.25, 0.3) is 0 Å². The third kappa shape index (κ3) is 4.51. The van der Waals surface area contributed by atoms with Crippen molar-refractivity contribution in [2.45, 2.75) is 26.4 Å². The van der Waals surface area contributed by atoms with Gasteiger partial charge >= 0.3 is 0 Å². The number of nitrogens with zero attached hydrogens (tertiary/aromatic N) is 1. The molecule has 25 heavy (non-hydrogen) atoms. The van der Waals surface area contributed by atoms with E-state index in [1.54, 1.807) is 24.3 Å². The van der Waals surface area contributed by atoms with Crippen LogP contribution in [0.2, 0.25) is 0 Å². The van der Waals surface area contributed by atoms with E-state index in [1.807, 2.05) is 0 Å². The summed E-state index contributed by atoms with van der Waals surface area (Å²) in [6.45, 7) is 5.28. The zero-order chi connectivity index (χ0) is 17.8. The van der Waals surface area contributed by atoms with Crippen LogP contribution in [0, 0.1) is 6.92 Å². The maximum Gasteiger partial charge on any atom is 0.221 e. The van der Waals surface area contributed by atoms with Crippen LogP contribution >= 0.6 is 0 Å². The highest BCUT2D eigenvalue weighted by atomic mass is 16.5. The lowest BCUT2D eigenvalue weighted by atomic mass is 10.1. The van der Waals surface area contributed by atoms with Crippen molar-refractivity contribution >= 4 is 17.3 Å². The minimum Gasteiger partial charge on any atom is -0.491 e. The summed E-state index contributed by atoms with van der Waals surface area (Å²) in [4.78, 5) is 13.2. The molecular formula is C20H24N2O3. The third-order valence-electron chi connectivity index (χ3n) is 4.28. The number of ether oxygens (including phenoxy) is 1. The van der Waals surface area contributed by atoms with Crippen LogP contribution in [-0.2, 0) is 11.2 Å². The molecule has 2 aromatic rings. The van der Waals surface area contributed by atoms with E-state index in [1.165, 1.54) is 23.7 Å². The molecular weight excluding hydrogens is 316 g/mol. The van der Waals surface area contributed by atoms with Crippen LogP contribution < -0.4 is 15.0 Å². The molecule has 1 atom stereocenters. The molecule has 132 valence electrons. The first-order valence-corrected chi connectivity index (χ1v) is 8.54. The van der Waals surface area contributed by atoms with Gasteiger partial charge < -0.3 is 20.1 Å². The Morgan fingerprint density at radius 2 is 2.04 bits per heavy atom. The Labute approximate surface area is 148 Å². The minimum atomic E-state index is -0.568. The molecule has 0 bridgehead atoms. The molecule has 0 spiro atoms. The number of amides is 1. The van der Waals surface area contributed by atoms with Crippen LogP contribution in [0.1, 0.15) is 18.1 Å². The SMILES string of the molecule is CC(=O)Nc1ccc(OCC(O)CN2CCc3ccc(C)cc32)cc1. The number of anilines is 2. The van der Waals surface area contributed by atoms with Crippen molar-refractivity contribution in [3.05, 3.63) is 53.6 Å². The van der Waals surface area contributed by atoms with Crippen LogP contribution in [0.3, 0.4) is 0 Å². The number of rotatable bonds is 6. The zero-order valence-corrected chi connectivity index (χ0v) is 14.7. The van der Waals surface area contributed by atoms with Gasteiger partial charge in [0, 0.05) is 31.4 Å². The van der Waals surface area contributed by atoms with Crippen molar-refractivity contribution in [2.24, 2.45) is 0 Å². The fourth-order valence-electron chi connectivity index (χ4n) is 3.08. The monoisotopic (exact) mass is 340 g/mol. The first kappa shape index (κ1) is 17.3. The van der Waals surface area contributed by atoms with Gasteiger partial charge in [0.2, 0.25) is 5.91 Å². The van der Waals surface area contributed by atoms with Gasteiger partial charge in [-0.15, -0.1) is 0 Å². The molecule has 0 saturated carbocycles. The average Bonchev–Trinajstić information content (AvgIpc) is 2.96. The lowest BCUT2D eigenvalue weighted by molar-refractivity contribution is -0.114. The van der Waals surface area contributed by atoms with Gasteiger partial charge in [-0.1, -0.05) is 12.1 Å². The van der Waals surface area contributed by atoms with Crippen molar-refractivity contribution in [1.29, 1.82) is 0 Å². The predicted molar refractivity (Wildman–Crippen MR) is 99.3 cm³/mol. The Bertz CT molecular complexity index is 743. The lowest BCUT2D eigenvalue weighted by Gasteiger charge is -2.23. The van der Waals surface area contributed by atoms with E-state index in [0.29, 0.717) is 12.3 Å². The van der Waals surface area contributed by atoms with E-state index < -0.39 is 6.10 Å². The molecule has 1 unspecified atom stereocenters. The molecule has 5 nitrogen and oxygen atoms in total. The quantitative estimate of drug-likeness (QED) is 0.849. The Balaban J connectivity index is 1.51. The maximum absolute atomic E-state index is 11.0. The number of hydrogen-bond acceptors (Lipinski definition) is 4. The molecule has 1 aliphatic heterocycles. The molecule has 2 aromatic carbocycles. The largest absolute Gasteiger partial charge is 0.491 e. The summed E-state index contributed by atoms with van der Waals surface area (Å²) in [6.07, 6.45) is 0.454. The molecule has 0 saturated heterocycles. The van der Waals surface area contributed by atoms with Crippen molar-refractivity contribution in [1.82, 2.24) is 0 Å². The number of benzene rings is 2. The van der Waals surface area contributed by atoms with Crippen LogP contribution in [0.4, 0.5) is 11.4 Å². The number of β-amino-alcohol motifs (C(OH)–C–C–N with tert-alkyl or cyclic N) is 1. The number of carbonyl (C=O) groups excluding carboxylic acids is 1. The molecule has 1 heterocycles. The summed E-state index contributed by atoms with van der Waals surface area (Å²) in [5.41, 5.74) is 4.52. The summed E-state index contributed by atoms with van der Waals surface area (Å²) in [6, 6.07) is 13.6. The Hall–Kier alpha value is -2.53. The van der Waals surface area contributed by atoms with Crippen molar-refractivity contribution in [3.63, 3.8) is 0 Å². The molecule has 0 radical (unpaired) electrons. The van der Waals surface area contributed by atoms with Crippen molar-refractivity contribution < 1.29 is 14.6 Å². The van der Waals surface area contributed by atoms with E-state index in [4.69, 9.17) is 4.74 Å². The van der Waals surface area contributed by atoms with Crippen molar-refractivity contribution in [2.75, 3.05) is 29.9 Å². The van der Waals surface area contributed by atoms with Gasteiger partial charge in [0.15, 0.2) is 0 Å². The minimum absolute atomic E-state index is 0.106. The van der Waals surface area contributed by atoms with E-state index in [2.05, 4.69) is 35.3 Å². The van der Waals surface area contributed by atoms with Gasteiger partial charge in [-0.25, -0.2) is 0 Å². The van der Waals surface area contributed by atoms with E-state index in [9.17, 15) is 9.90 Å². The number of aliphatic hydroxyl groups excluding tert-OH is 1. The van der Waals surface area contributed by atoms with Gasteiger partial charge in [-0.3, -0.25) is 4.79 Å².